The highest BCUT2D eigenvalue weighted by Gasteiger charge is 2.42. The molecule has 2 aromatic rings. The normalized spacial score (nSPS) is 17.2. The lowest BCUT2D eigenvalue weighted by Gasteiger charge is -2.40. The summed E-state index contributed by atoms with van der Waals surface area (Å²) < 4.78 is 73.9. The minimum absolute atomic E-state index is 0.284. The summed E-state index contributed by atoms with van der Waals surface area (Å²) in [7, 11) is -9.06. The summed E-state index contributed by atoms with van der Waals surface area (Å²) in [6.45, 7) is 3.19. The van der Waals surface area contributed by atoms with Gasteiger partial charge in [0.25, 0.3) is 10.1 Å². The van der Waals surface area contributed by atoms with E-state index in [0.717, 1.165) is 12.8 Å². The van der Waals surface area contributed by atoms with Crippen LogP contribution in [0.5, 0.6) is 0 Å². The molecule has 0 fully saturated rings. The molecular weight excluding hydrogens is 520 g/mol. The highest BCUT2D eigenvalue weighted by atomic mass is 32.3. The van der Waals surface area contributed by atoms with Gasteiger partial charge in [0.2, 0.25) is 0 Å². The van der Waals surface area contributed by atoms with Crippen molar-refractivity contribution in [1.82, 2.24) is 0 Å². The molecule has 36 heavy (non-hydrogen) atoms. The molecule has 0 spiro atoms. The van der Waals surface area contributed by atoms with Gasteiger partial charge in [-0.05, 0) is 50.7 Å². The zero-order valence-corrected chi connectivity index (χ0v) is 23.5. The Bertz CT molecular complexity index is 1060. The maximum Gasteiger partial charge on any atom is 0.274 e. The third-order valence-corrected chi connectivity index (χ3v) is 11.7. The van der Waals surface area contributed by atoms with E-state index in [9.17, 15) is 30.8 Å². The Morgan fingerprint density at radius 1 is 0.639 bits per heavy atom. The average Bonchev–Trinajstić information content (AvgIpc) is 2.83. The van der Waals surface area contributed by atoms with Crippen molar-refractivity contribution in [2.75, 3.05) is 11.5 Å². The molecule has 0 saturated carbocycles. The zero-order chi connectivity index (χ0) is 26.9. The fourth-order valence-electron chi connectivity index (χ4n) is 4.35. The maximum atomic E-state index is 12.4. The van der Waals surface area contributed by atoms with E-state index < -0.39 is 41.3 Å². The number of hydrogen-bond donors (Lipinski definition) is 4. The van der Waals surface area contributed by atoms with Crippen molar-refractivity contribution < 1.29 is 30.8 Å². The molecule has 3 unspecified atom stereocenters. The Kier molecular flexibility index (Phi) is 11.6. The Balaban J connectivity index is 1.71. The number of benzene rings is 2. The third kappa shape index (κ3) is 8.37. The van der Waals surface area contributed by atoms with Crippen LogP contribution in [-0.2, 0) is 30.4 Å². The second kappa shape index (κ2) is 13.5. The predicted octanol–water partition coefficient (Wildman–Crippen LogP) is 6.80. The molecule has 10 heteroatoms. The van der Waals surface area contributed by atoms with Gasteiger partial charge in [0, 0.05) is 22.3 Å². The van der Waals surface area contributed by atoms with Gasteiger partial charge in [-0.3, -0.25) is 8.76 Å². The van der Waals surface area contributed by atoms with Crippen molar-refractivity contribution >= 4 is 31.8 Å². The standard InChI is InChI=1S/C26H40O7S3/c1-25(35(28,29)30,23-15-7-3-8-16-23)19-11-5-13-21-34(27)22-14-6-12-20-26(2,36(31,32)33)24-17-9-4-10-18-24/h3-4,7-10,15-18,28-30H,5-6,11-14,19-22H2,1-2H3,(H,31,32,33). The first-order chi connectivity index (χ1) is 16.8. The van der Waals surface area contributed by atoms with Crippen LogP contribution in [0.2, 0.25) is 0 Å². The Labute approximate surface area is 220 Å². The first kappa shape index (κ1) is 31.0. The second-order valence-electron chi connectivity index (χ2n) is 9.66. The average molecular weight is 561 g/mol. The lowest BCUT2D eigenvalue weighted by molar-refractivity contribution is 0.324. The molecular formula is C26H40O7S3. The maximum absolute atomic E-state index is 12.4. The number of rotatable bonds is 16. The third-order valence-electron chi connectivity index (χ3n) is 6.99. The molecule has 0 aliphatic rings. The molecule has 0 saturated heterocycles. The molecule has 0 aliphatic carbocycles. The molecule has 7 nitrogen and oxygen atoms in total. The topological polar surface area (TPSA) is 132 Å². The zero-order valence-electron chi connectivity index (χ0n) is 21.1. The van der Waals surface area contributed by atoms with E-state index in [-0.39, 0.29) is 6.42 Å². The molecule has 0 aliphatic heterocycles. The molecule has 0 aromatic heterocycles. The van der Waals surface area contributed by atoms with E-state index in [4.69, 9.17) is 0 Å². The minimum atomic E-state index is -4.28. The van der Waals surface area contributed by atoms with Crippen LogP contribution < -0.4 is 0 Å². The van der Waals surface area contributed by atoms with Crippen molar-refractivity contribution in [3.63, 3.8) is 0 Å². The second-order valence-corrected chi connectivity index (χ2v) is 15.1. The lowest BCUT2D eigenvalue weighted by Crippen LogP contribution is -2.32. The largest absolute Gasteiger partial charge is 0.308 e. The van der Waals surface area contributed by atoms with Gasteiger partial charge in [0.1, 0.15) is 4.75 Å². The summed E-state index contributed by atoms with van der Waals surface area (Å²) in [5.74, 6) is 1.08. The van der Waals surface area contributed by atoms with E-state index >= 15 is 0 Å². The van der Waals surface area contributed by atoms with E-state index in [0.29, 0.717) is 54.7 Å². The molecule has 0 amide bonds. The SMILES string of the molecule is CC(CCCCCS(=O)CCCCCC(C)(c1ccccc1)S(=O)(=O)O)(c1ccccc1)S(O)(O)O. The summed E-state index contributed by atoms with van der Waals surface area (Å²) in [5, 5.41) is 0. The van der Waals surface area contributed by atoms with Crippen LogP contribution in [0.3, 0.4) is 0 Å². The van der Waals surface area contributed by atoms with Crippen LogP contribution in [0.15, 0.2) is 60.7 Å². The van der Waals surface area contributed by atoms with Gasteiger partial charge in [-0.1, -0.05) is 86.3 Å². The van der Waals surface area contributed by atoms with E-state index in [1.54, 1.807) is 61.5 Å². The molecule has 2 aromatic carbocycles. The monoisotopic (exact) mass is 560 g/mol. The molecule has 0 heterocycles. The van der Waals surface area contributed by atoms with Crippen LogP contribution in [0.1, 0.15) is 76.3 Å². The number of unbranched alkanes of at least 4 members (excludes halogenated alkanes) is 4. The van der Waals surface area contributed by atoms with Crippen molar-refractivity contribution in [1.29, 1.82) is 0 Å². The summed E-state index contributed by atoms with van der Waals surface area (Å²) in [5.41, 5.74) is 1.23. The van der Waals surface area contributed by atoms with Gasteiger partial charge in [-0.15, -0.1) is 0 Å². The van der Waals surface area contributed by atoms with Crippen molar-refractivity contribution in [2.45, 2.75) is 74.7 Å². The quantitative estimate of drug-likeness (QED) is 0.131. The van der Waals surface area contributed by atoms with Gasteiger partial charge in [0.15, 0.2) is 0 Å². The van der Waals surface area contributed by atoms with Crippen molar-refractivity contribution in [2.24, 2.45) is 0 Å². The molecule has 0 bridgehead atoms. The van der Waals surface area contributed by atoms with Gasteiger partial charge in [-0.25, -0.2) is 0 Å². The van der Waals surface area contributed by atoms with Crippen LogP contribution in [-0.4, -0.2) is 42.3 Å². The fourth-order valence-corrected chi connectivity index (χ4v) is 7.31. The van der Waals surface area contributed by atoms with Crippen LogP contribution in [0.4, 0.5) is 0 Å². The highest BCUT2D eigenvalue weighted by molar-refractivity contribution is 8.20. The summed E-state index contributed by atoms with van der Waals surface area (Å²) in [6.07, 6.45) is 4.85. The highest BCUT2D eigenvalue weighted by Crippen LogP contribution is 2.57. The molecule has 0 radical (unpaired) electrons. The van der Waals surface area contributed by atoms with Crippen molar-refractivity contribution in [3.8, 4) is 0 Å². The van der Waals surface area contributed by atoms with Crippen LogP contribution in [0, 0.1) is 0 Å². The molecule has 204 valence electrons. The number of hydrogen-bond acceptors (Lipinski definition) is 6. The Hall–Kier alpha value is -1.27. The van der Waals surface area contributed by atoms with Gasteiger partial charge >= 0.3 is 0 Å². The van der Waals surface area contributed by atoms with Gasteiger partial charge in [0.05, 0.1) is 15.6 Å². The summed E-state index contributed by atoms with van der Waals surface area (Å²) in [6, 6.07) is 17.7. The summed E-state index contributed by atoms with van der Waals surface area (Å²) in [4.78, 5) is 0. The van der Waals surface area contributed by atoms with E-state index in [1.165, 1.54) is 6.92 Å². The molecule has 4 N–H and O–H groups in total. The first-order valence-electron chi connectivity index (χ1n) is 12.2. The first-order valence-corrected chi connectivity index (χ1v) is 16.7. The lowest BCUT2D eigenvalue weighted by atomic mass is 9.94. The van der Waals surface area contributed by atoms with E-state index in [1.807, 2.05) is 6.07 Å². The Morgan fingerprint density at radius 3 is 1.42 bits per heavy atom. The van der Waals surface area contributed by atoms with Crippen LogP contribution >= 0.6 is 10.9 Å². The van der Waals surface area contributed by atoms with Crippen molar-refractivity contribution in [3.05, 3.63) is 71.8 Å². The fraction of sp³-hybridized carbons (Fsp3) is 0.538. The minimum Gasteiger partial charge on any atom is -0.308 e. The summed E-state index contributed by atoms with van der Waals surface area (Å²) >= 11 is 0. The smallest absolute Gasteiger partial charge is 0.274 e. The van der Waals surface area contributed by atoms with Crippen LogP contribution in [0.25, 0.3) is 0 Å². The van der Waals surface area contributed by atoms with Gasteiger partial charge in [-0.2, -0.15) is 8.42 Å². The van der Waals surface area contributed by atoms with E-state index in [2.05, 4.69) is 0 Å². The molecule has 3 atom stereocenters. The molecule has 2 rings (SSSR count). The van der Waals surface area contributed by atoms with Gasteiger partial charge < -0.3 is 13.7 Å². The predicted molar refractivity (Wildman–Crippen MR) is 149 cm³/mol. The Morgan fingerprint density at radius 2 is 1.03 bits per heavy atom.